The highest BCUT2D eigenvalue weighted by molar-refractivity contribution is 7.99. The van der Waals surface area contributed by atoms with Crippen LogP contribution in [0.5, 0.6) is 0 Å². The van der Waals surface area contributed by atoms with Gasteiger partial charge in [-0.1, -0.05) is 12.1 Å². The van der Waals surface area contributed by atoms with Crippen LogP contribution in [0.1, 0.15) is 5.01 Å². The van der Waals surface area contributed by atoms with Crippen LogP contribution in [0.4, 0.5) is 11.5 Å². The number of benzene rings is 1. The van der Waals surface area contributed by atoms with Crippen LogP contribution in [-0.4, -0.2) is 47.9 Å². The topological polar surface area (TPSA) is 67.4 Å². The summed E-state index contributed by atoms with van der Waals surface area (Å²) < 4.78 is 6.54. The van der Waals surface area contributed by atoms with Gasteiger partial charge in [-0.2, -0.15) is 0 Å². The van der Waals surface area contributed by atoms with E-state index in [4.69, 9.17) is 4.74 Å². The van der Waals surface area contributed by atoms with Crippen molar-refractivity contribution in [1.29, 1.82) is 0 Å². The van der Waals surface area contributed by atoms with Crippen LogP contribution in [0.2, 0.25) is 0 Å². The number of hydrogen-bond donors (Lipinski definition) is 1. The standard InChI is InChI=1S/C19H20N4O2S2/c24-18(12-26-13-19-22-15-3-1-2-4-16(15)27-19)21-14-5-6-17(20-11-14)23-7-9-25-10-8-23/h1-6,11H,7-10,12-13H2,(H,21,24). The van der Waals surface area contributed by atoms with Crippen LogP contribution >= 0.6 is 23.1 Å². The number of thioether (sulfide) groups is 1. The fourth-order valence-electron chi connectivity index (χ4n) is 2.85. The molecule has 1 aliphatic heterocycles. The first-order chi connectivity index (χ1) is 13.3. The van der Waals surface area contributed by atoms with Crippen molar-refractivity contribution in [1.82, 2.24) is 9.97 Å². The predicted molar refractivity (Wildman–Crippen MR) is 112 cm³/mol. The average Bonchev–Trinajstić information content (AvgIpc) is 3.12. The van der Waals surface area contributed by atoms with Crippen LogP contribution in [-0.2, 0) is 15.3 Å². The molecule has 1 saturated heterocycles. The minimum atomic E-state index is -0.0259. The van der Waals surface area contributed by atoms with Crippen molar-refractivity contribution >= 4 is 50.7 Å². The average molecular weight is 401 g/mol. The second-order valence-corrected chi connectivity index (χ2v) is 8.22. The lowest BCUT2D eigenvalue weighted by molar-refractivity contribution is -0.113. The van der Waals surface area contributed by atoms with Crippen LogP contribution in [0.25, 0.3) is 10.2 Å². The highest BCUT2D eigenvalue weighted by atomic mass is 32.2. The first kappa shape index (κ1) is 18.2. The highest BCUT2D eigenvalue weighted by Gasteiger charge is 2.12. The van der Waals surface area contributed by atoms with Gasteiger partial charge in [0.15, 0.2) is 0 Å². The van der Waals surface area contributed by atoms with Gasteiger partial charge >= 0.3 is 0 Å². The molecule has 6 nitrogen and oxygen atoms in total. The summed E-state index contributed by atoms with van der Waals surface area (Å²) in [6.07, 6.45) is 1.71. The Morgan fingerprint density at radius 3 is 2.85 bits per heavy atom. The van der Waals surface area contributed by atoms with E-state index in [-0.39, 0.29) is 5.91 Å². The Hall–Kier alpha value is -2.16. The number of thiazole rings is 1. The molecule has 8 heteroatoms. The molecule has 140 valence electrons. The number of carbonyl (C=O) groups is 1. The lowest BCUT2D eigenvalue weighted by Gasteiger charge is -2.27. The Labute approximate surface area is 166 Å². The molecule has 0 radical (unpaired) electrons. The molecule has 3 aromatic rings. The van der Waals surface area contributed by atoms with E-state index in [1.165, 1.54) is 4.70 Å². The van der Waals surface area contributed by atoms with E-state index < -0.39 is 0 Å². The third-order valence-electron chi connectivity index (χ3n) is 4.16. The molecule has 3 heterocycles. The molecule has 0 atom stereocenters. The number of nitrogens with one attached hydrogen (secondary N) is 1. The lowest BCUT2D eigenvalue weighted by atomic mass is 10.3. The summed E-state index contributed by atoms with van der Waals surface area (Å²) >= 11 is 3.25. The maximum atomic E-state index is 12.2. The minimum Gasteiger partial charge on any atom is -0.378 e. The van der Waals surface area contributed by atoms with Gasteiger partial charge in [-0.15, -0.1) is 23.1 Å². The maximum absolute atomic E-state index is 12.2. The monoisotopic (exact) mass is 400 g/mol. The molecular weight excluding hydrogens is 380 g/mol. The molecule has 0 bridgehead atoms. The number of ether oxygens (including phenoxy) is 1. The summed E-state index contributed by atoms with van der Waals surface area (Å²) in [5.74, 6) is 2.02. The number of nitrogens with zero attached hydrogens (tertiary/aromatic N) is 3. The van der Waals surface area contributed by atoms with Gasteiger partial charge in [0.25, 0.3) is 0 Å². The van der Waals surface area contributed by atoms with Gasteiger partial charge in [0.05, 0.1) is 41.1 Å². The third-order valence-corrected chi connectivity index (χ3v) is 6.33. The summed E-state index contributed by atoms with van der Waals surface area (Å²) in [4.78, 5) is 23.4. The van der Waals surface area contributed by atoms with Crippen molar-refractivity contribution in [3.8, 4) is 0 Å². The van der Waals surface area contributed by atoms with Crippen molar-refractivity contribution in [3.05, 3.63) is 47.6 Å². The Balaban J connectivity index is 1.25. The first-order valence-corrected chi connectivity index (χ1v) is 10.8. The number of morpholine rings is 1. The SMILES string of the molecule is O=C(CSCc1nc2ccccc2s1)Nc1ccc(N2CCOCC2)nc1. The Kier molecular flexibility index (Phi) is 5.86. The summed E-state index contributed by atoms with van der Waals surface area (Å²) in [5, 5.41) is 3.95. The van der Waals surface area contributed by atoms with Crippen LogP contribution in [0.15, 0.2) is 42.6 Å². The Bertz CT molecular complexity index is 874. The summed E-state index contributed by atoms with van der Waals surface area (Å²) in [7, 11) is 0. The normalized spacial score (nSPS) is 14.4. The van der Waals surface area contributed by atoms with E-state index in [2.05, 4.69) is 26.3 Å². The van der Waals surface area contributed by atoms with E-state index in [9.17, 15) is 4.79 Å². The van der Waals surface area contributed by atoms with Crippen LogP contribution < -0.4 is 10.2 Å². The molecule has 0 saturated carbocycles. The number of rotatable bonds is 6. The molecule has 0 unspecified atom stereocenters. The molecule has 1 aliphatic rings. The van der Waals surface area contributed by atoms with E-state index in [0.29, 0.717) is 5.75 Å². The quantitative estimate of drug-likeness (QED) is 0.684. The number of amides is 1. The molecule has 27 heavy (non-hydrogen) atoms. The van der Waals surface area contributed by atoms with Gasteiger partial charge < -0.3 is 15.0 Å². The van der Waals surface area contributed by atoms with Crippen LogP contribution in [0, 0.1) is 0 Å². The second kappa shape index (κ2) is 8.69. The Morgan fingerprint density at radius 1 is 1.22 bits per heavy atom. The second-order valence-electron chi connectivity index (χ2n) is 6.12. The largest absolute Gasteiger partial charge is 0.378 e. The van der Waals surface area contributed by atoms with Crippen molar-refractivity contribution in [3.63, 3.8) is 0 Å². The van der Waals surface area contributed by atoms with E-state index in [1.807, 2.05) is 30.3 Å². The van der Waals surface area contributed by atoms with E-state index in [1.54, 1.807) is 29.3 Å². The zero-order valence-corrected chi connectivity index (χ0v) is 16.4. The van der Waals surface area contributed by atoms with Crippen LogP contribution in [0.3, 0.4) is 0 Å². The van der Waals surface area contributed by atoms with Crippen molar-refractivity contribution in [2.45, 2.75) is 5.75 Å². The molecule has 1 fully saturated rings. The Morgan fingerprint density at radius 2 is 2.07 bits per heavy atom. The molecule has 1 aromatic carbocycles. The first-order valence-electron chi connectivity index (χ1n) is 8.79. The maximum Gasteiger partial charge on any atom is 0.234 e. The fraction of sp³-hybridized carbons (Fsp3) is 0.316. The molecule has 0 spiro atoms. The molecule has 1 amide bonds. The summed E-state index contributed by atoms with van der Waals surface area (Å²) in [6, 6.07) is 11.9. The number of fused-ring (bicyclic) bond motifs is 1. The number of aromatic nitrogens is 2. The zero-order chi connectivity index (χ0) is 18.5. The highest BCUT2D eigenvalue weighted by Crippen LogP contribution is 2.25. The number of carbonyl (C=O) groups excluding carboxylic acids is 1. The molecule has 4 rings (SSSR count). The van der Waals surface area contributed by atoms with Gasteiger partial charge in [-0.3, -0.25) is 4.79 Å². The molecule has 2 aromatic heterocycles. The van der Waals surface area contributed by atoms with Gasteiger partial charge in [0.1, 0.15) is 10.8 Å². The zero-order valence-electron chi connectivity index (χ0n) is 14.8. The third kappa shape index (κ3) is 4.77. The lowest BCUT2D eigenvalue weighted by Crippen LogP contribution is -2.36. The smallest absolute Gasteiger partial charge is 0.234 e. The molecule has 0 aliphatic carbocycles. The van der Waals surface area contributed by atoms with Crippen molar-refractivity contribution in [2.75, 3.05) is 42.3 Å². The van der Waals surface area contributed by atoms with Crippen molar-refractivity contribution < 1.29 is 9.53 Å². The summed E-state index contributed by atoms with van der Waals surface area (Å²) in [6.45, 7) is 3.15. The van der Waals surface area contributed by atoms with E-state index in [0.717, 1.165) is 54.1 Å². The number of pyridine rings is 1. The van der Waals surface area contributed by atoms with E-state index >= 15 is 0 Å². The van der Waals surface area contributed by atoms with Gasteiger partial charge in [-0.05, 0) is 24.3 Å². The van der Waals surface area contributed by atoms with Gasteiger partial charge in [0.2, 0.25) is 5.91 Å². The van der Waals surface area contributed by atoms with Gasteiger partial charge in [-0.25, -0.2) is 9.97 Å². The fourth-order valence-corrected chi connectivity index (χ4v) is 4.70. The molecular formula is C19H20N4O2S2. The predicted octanol–water partition coefficient (Wildman–Crippen LogP) is 3.40. The minimum absolute atomic E-state index is 0.0259. The number of para-hydroxylation sites is 1. The van der Waals surface area contributed by atoms with Crippen molar-refractivity contribution in [2.24, 2.45) is 0 Å². The number of anilines is 2. The summed E-state index contributed by atoms with van der Waals surface area (Å²) in [5.41, 5.74) is 1.74. The molecule has 1 N–H and O–H groups in total. The van der Waals surface area contributed by atoms with Gasteiger partial charge in [0, 0.05) is 18.8 Å². The number of hydrogen-bond acceptors (Lipinski definition) is 7.